The quantitative estimate of drug-likeness (QED) is 0.213. The Balaban J connectivity index is 1.58. The molecule has 0 fully saturated rings. The molecular formula is C28H25BrCl2N4O3. The highest BCUT2D eigenvalue weighted by Gasteiger charge is 2.16. The van der Waals surface area contributed by atoms with Crippen LogP contribution in [-0.2, 0) is 4.79 Å². The molecule has 1 heterocycles. The number of nitrogens with zero attached hydrogens (tertiary/aromatic N) is 3. The molecule has 0 aliphatic carbocycles. The number of para-hydroxylation sites is 1. The fourth-order valence-electron chi connectivity index (χ4n) is 3.73. The van der Waals surface area contributed by atoms with Crippen molar-refractivity contribution in [1.29, 1.82) is 0 Å². The highest BCUT2D eigenvalue weighted by atomic mass is 79.9. The minimum Gasteiger partial charge on any atom is -0.481 e. The Morgan fingerprint density at radius 1 is 1.18 bits per heavy atom. The number of aryl methyl sites for hydroxylation is 1. The molecule has 7 nitrogen and oxygen atoms in total. The van der Waals surface area contributed by atoms with Crippen LogP contribution in [0.15, 0.2) is 69.0 Å². The molecular weight excluding hydrogens is 591 g/mol. The van der Waals surface area contributed by atoms with Crippen molar-refractivity contribution in [2.75, 3.05) is 11.9 Å². The van der Waals surface area contributed by atoms with Gasteiger partial charge in [-0.25, -0.2) is 4.98 Å². The van der Waals surface area contributed by atoms with Gasteiger partial charge in [-0.1, -0.05) is 71.2 Å². The van der Waals surface area contributed by atoms with Crippen molar-refractivity contribution in [1.82, 2.24) is 9.66 Å². The lowest BCUT2D eigenvalue weighted by molar-refractivity contribution is -0.118. The lowest BCUT2D eigenvalue weighted by atomic mass is 10.1. The number of amides is 1. The zero-order valence-electron chi connectivity index (χ0n) is 21.0. The van der Waals surface area contributed by atoms with Crippen LogP contribution in [0.2, 0.25) is 10.0 Å². The molecule has 0 radical (unpaired) electrons. The van der Waals surface area contributed by atoms with E-state index in [9.17, 15) is 9.59 Å². The van der Waals surface area contributed by atoms with E-state index in [0.29, 0.717) is 28.0 Å². The number of carbonyl (C=O) groups excluding carboxylic acids is 1. The number of nitrogens with one attached hydrogen (secondary N) is 1. The highest BCUT2D eigenvalue weighted by Crippen LogP contribution is 2.34. The van der Waals surface area contributed by atoms with Crippen LogP contribution in [0, 0.1) is 6.92 Å². The summed E-state index contributed by atoms with van der Waals surface area (Å²) in [5.74, 6) is 0.395. The van der Waals surface area contributed by atoms with Gasteiger partial charge in [-0.15, -0.1) is 0 Å². The number of carbonyl (C=O) groups is 1. The lowest BCUT2D eigenvalue weighted by Crippen LogP contribution is -2.23. The average Bonchev–Trinajstić information content (AvgIpc) is 2.88. The number of benzene rings is 3. The summed E-state index contributed by atoms with van der Waals surface area (Å²) in [7, 11) is 0. The van der Waals surface area contributed by atoms with Crippen LogP contribution in [0.1, 0.15) is 43.1 Å². The van der Waals surface area contributed by atoms with Gasteiger partial charge >= 0.3 is 0 Å². The van der Waals surface area contributed by atoms with Crippen LogP contribution >= 0.6 is 39.1 Å². The largest absolute Gasteiger partial charge is 0.481 e. The summed E-state index contributed by atoms with van der Waals surface area (Å²) in [5, 5.41) is 8.11. The fourth-order valence-corrected chi connectivity index (χ4v) is 4.71. The van der Waals surface area contributed by atoms with E-state index in [-0.39, 0.29) is 39.8 Å². The van der Waals surface area contributed by atoms with E-state index in [1.54, 1.807) is 24.3 Å². The van der Waals surface area contributed by atoms with Crippen LogP contribution in [0.5, 0.6) is 5.75 Å². The smallest absolute Gasteiger partial charge is 0.282 e. The van der Waals surface area contributed by atoms with Crippen LogP contribution < -0.4 is 15.6 Å². The first-order chi connectivity index (χ1) is 18.2. The van der Waals surface area contributed by atoms with Gasteiger partial charge in [0.25, 0.3) is 11.5 Å². The Morgan fingerprint density at radius 2 is 1.89 bits per heavy atom. The third kappa shape index (κ3) is 6.26. The van der Waals surface area contributed by atoms with E-state index in [4.69, 9.17) is 32.9 Å². The fraction of sp³-hybridized carbons (Fsp3) is 0.214. The van der Waals surface area contributed by atoms with Crippen molar-refractivity contribution in [2.45, 2.75) is 33.1 Å². The predicted octanol–water partition coefficient (Wildman–Crippen LogP) is 7.19. The van der Waals surface area contributed by atoms with Gasteiger partial charge in [0.05, 0.1) is 27.2 Å². The molecule has 1 aromatic heterocycles. The van der Waals surface area contributed by atoms with E-state index in [1.807, 2.05) is 51.1 Å². The van der Waals surface area contributed by atoms with Crippen LogP contribution in [0.4, 0.5) is 5.69 Å². The number of rotatable bonds is 8. The van der Waals surface area contributed by atoms with E-state index in [0.717, 1.165) is 16.5 Å². The van der Waals surface area contributed by atoms with Crippen LogP contribution in [0.3, 0.4) is 0 Å². The number of aromatic nitrogens is 2. The van der Waals surface area contributed by atoms with Gasteiger partial charge < -0.3 is 10.1 Å². The molecule has 1 N–H and O–H groups in total. The molecule has 0 saturated carbocycles. The average molecular weight is 616 g/mol. The highest BCUT2D eigenvalue weighted by molar-refractivity contribution is 9.10. The molecule has 0 unspecified atom stereocenters. The predicted molar refractivity (Wildman–Crippen MR) is 157 cm³/mol. The van der Waals surface area contributed by atoms with Crippen molar-refractivity contribution < 1.29 is 9.53 Å². The zero-order chi connectivity index (χ0) is 27.4. The van der Waals surface area contributed by atoms with E-state index < -0.39 is 0 Å². The monoisotopic (exact) mass is 614 g/mol. The maximum atomic E-state index is 13.3. The molecule has 1 atom stereocenters. The summed E-state index contributed by atoms with van der Waals surface area (Å²) in [6, 6.07) is 16.0. The first-order valence-electron chi connectivity index (χ1n) is 11.9. The molecule has 1 amide bonds. The lowest BCUT2D eigenvalue weighted by Gasteiger charge is -2.14. The Labute approximate surface area is 238 Å². The van der Waals surface area contributed by atoms with Crippen molar-refractivity contribution in [3.05, 3.63) is 96.4 Å². The number of ether oxygens (including phenoxy) is 1. The van der Waals surface area contributed by atoms with Gasteiger partial charge in [0, 0.05) is 16.1 Å². The molecule has 196 valence electrons. The minimum absolute atomic E-state index is 0.00155. The first-order valence-corrected chi connectivity index (χ1v) is 13.5. The number of fused-ring (bicyclic) bond motifs is 1. The third-order valence-corrected chi connectivity index (χ3v) is 7.05. The zero-order valence-corrected chi connectivity index (χ0v) is 24.1. The van der Waals surface area contributed by atoms with Gasteiger partial charge in [-0.3, -0.25) is 9.59 Å². The minimum atomic E-state index is -0.343. The molecule has 0 saturated heterocycles. The van der Waals surface area contributed by atoms with Crippen molar-refractivity contribution in [2.24, 2.45) is 5.10 Å². The maximum Gasteiger partial charge on any atom is 0.282 e. The molecule has 4 rings (SSSR count). The molecule has 38 heavy (non-hydrogen) atoms. The summed E-state index contributed by atoms with van der Waals surface area (Å²) in [4.78, 5) is 30.4. The maximum absolute atomic E-state index is 13.3. The Bertz CT molecular complexity index is 1580. The molecule has 10 heteroatoms. The van der Waals surface area contributed by atoms with Gasteiger partial charge in [0.2, 0.25) is 0 Å². The second kappa shape index (κ2) is 12.1. The first kappa shape index (κ1) is 27.8. The molecule has 4 aromatic rings. The van der Waals surface area contributed by atoms with E-state index in [2.05, 4.69) is 26.3 Å². The summed E-state index contributed by atoms with van der Waals surface area (Å²) < 4.78 is 7.70. The van der Waals surface area contributed by atoms with Gasteiger partial charge in [0.15, 0.2) is 12.4 Å². The van der Waals surface area contributed by atoms with Crippen molar-refractivity contribution in [3.63, 3.8) is 0 Å². The second-order valence-electron chi connectivity index (χ2n) is 8.77. The number of halogens is 3. The number of hydrogen-bond donors (Lipinski definition) is 1. The van der Waals surface area contributed by atoms with E-state index in [1.165, 1.54) is 10.9 Å². The van der Waals surface area contributed by atoms with Crippen LogP contribution in [-0.4, -0.2) is 28.4 Å². The van der Waals surface area contributed by atoms with Gasteiger partial charge in [-0.2, -0.15) is 9.78 Å². The van der Waals surface area contributed by atoms with Gasteiger partial charge in [-0.05, 0) is 60.9 Å². The SMILES string of the molecule is CC[C@@H](C)c1nc2ccc(Br)cc2c(=O)n1N=Cc1cc(Cl)c(OCC(=O)Nc2ccccc2C)c(Cl)c1. The Morgan fingerprint density at radius 3 is 2.58 bits per heavy atom. The number of hydrogen-bond acceptors (Lipinski definition) is 5. The van der Waals surface area contributed by atoms with E-state index >= 15 is 0 Å². The van der Waals surface area contributed by atoms with Crippen molar-refractivity contribution in [3.8, 4) is 5.75 Å². The topological polar surface area (TPSA) is 85.6 Å². The normalized spacial score (nSPS) is 12.2. The Hall–Kier alpha value is -3.20. The third-order valence-electron chi connectivity index (χ3n) is 6.00. The molecule has 0 aliphatic rings. The Kier molecular flexibility index (Phi) is 8.87. The molecule has 0 aliphatic heterocycles. The standard InChI is InChI=1S/C28H25BrCl2N4O3/c1-4-16(2)27-34-24-10-9-19(29)13-20(24)28(37)35(27)32-14-18-11-21(30)26(22(31)12-18)38-15-25(36)33-23-8-6-5-7-17(23)3/h5-14,16H,4,15H2,1-3H3,(H,33,36)/t16-/m1/s1. The molecule has 0 bridgehead atoms. The molecule has 3 aromatic carbocycles. The summed E-state index contributed by atoms with van der Waals surface area (Å²) in [6.07, 6.45) is 2.27. The summed E-state index contributed by atoms with van der Waals surface area (Å²) >= 11 is 16.3. The van der Waals surface area contributed by atoms with Gasteiger partial charge in [0.1, 0.15) is 5.82 Å². The molecule has 0 spiro atoms. The second-order valence-corrected chi connectivity index (χ2v) is 10.5. The summed E-state index contributed by atoms with van der Waals surface area (Å²) in [6.45, 7) is 5.65. The number of anilines is 1. The summed E-state index contributed by atoms with van der Waals surface area (Å²) in [5.41, 5.74) is 2.52. The van der Waals surface area contributed by atoms with Crippen molar-refractivity contribution >= 4 is 67.8 Å². The van der Waals surface area contributed by atoms with Crippen LogP contribution in [0.25, 0.3) is 10.9 Å².